The van der Waals surface area contributed by atoms with E-state index in [9.17, 15) is 14.7 Å². The van der Waals surface area contributed by atoms with E-state index in [4.69, 9.17) is 27.9 Å². The molecule has 1 N–H and O–H groups in total. The molecular formula is C18H19Cl2NO4. The van der Waals surface area contributed by atoms with E-state index in [0.717, 1.165) is 12.0 Å². The lowest BCUT2D eigenvalue weighted by molar-refractivity contribution is -0.157. The molecule has 4 atom stereocenters. The molecule has 25 heavy (non-hydrogen) atoms. The zero-order chi connectivity index (χ0) is 17.8. The lowest BCUT2D eigenvalue weighted by Gasteiger charge is -2.33. The SMILES string of the molecule is O=C(C1CC1c1cc(Cl)cc(Cl)c1)N1C[C@H]2COCC[C@@]2(C(=O)O)C1. The summed E-state index contributed by atoms with van der Waals surface area (Å²) < 4.78 is 5.45. The number of fused-ring (bicyclic) bond motifs is 1. The molecule has 4 rings (SSSR count). The number of benzene rings is 1. The Morgan fingerprint density at radius 1 is 1.24 bits per heavy atom. The van der Waals surface area contributed by atoms with Gasteiger partial charge in [-0.3, -0.25) is 9.59 Å². The van der Waals surface area contributed by atoms with Crippen LogP contribution in [0, 0.1) is 17.3 Å². The summed E-state index contributed by atoms with van der Waals surface area (Å²) in [7, 11) is 0. The first kappa shape index (κ1) is 17.1. The Hall–Kier alpha value is -1.30. The number of likely N-dealkylation sites (tertiary alicyclic amines) is 1. The Bertz CT molecular complexity index is 720. The minimum absolute atomic E-state index is 0.0381. The highest BCUT2D eigenvalue weighted by atomic mass is 35.5. The van der Waals surface area contributed by atoms with Gasteiger partial charge in [-0.15, -0.1) is 0 Å². The summed E-state index contributed by atoms with van der Waals surface area (Å²) in [4.78, 5) is 26.5. The molecule has 0 radical (unpaired) electrons. The van der Waals surface area contributed by atoms with Gasteiger partial charge in [0, 0.05) is 41.6 Å². The van der Waals surface area contributed by atoms with Gasteiger partial charge in [0.05, 0.1) is 12.0 Å². The van der Waals surface area contributed by atoms with Crippen molar-refractivity contribution in [1.29, 1.82) is 0 Å². The van der Waals surface area contributed by atoms with Crippen molar-refractivity contribution in [2.75, 3.05) is 26.3 Å². The number of carbonyl (C=O) groups excluding carboxylic acids is 1. The molecule has 1 amide bonds. The highest BCUT2D eigenvalue weighted by molar-refractivity contribution is 6.34. The van der Waals surface area contributed by atoms with Gasteiger partial charge in [-0.05, 0) is 42.5 Å². The highest BCUT2D eigenvalue weighted by Crippen LogP contribution is 2.51. The van der Waals surface area contributed by atoms with Crippen LogP contribution in [0.15, 0.2) is 18.2 Å². The van der Waals surface area contributed by atoms with Crippen LogP contribution in [0.25, 0.3) is 0 Å². The van der Waals surface area contributed by atoms with Gasteiger partial charge in [0.1, 0.15) is 0 Å². The van der Waals surface area contributed by atoms with Gasteiger partial charge in [-0.2, -0.15) is 0 Å². The normalized spacial score (nSPS) is 33.8. The van der Waals surface area contributed by atoms with Crippen molar-refractivity contribution in [3.63, 3.8) is 0 Å². The van der Waals surface area contributed by atoms with Crippen LogP contribution in [0.3, 0.4) is 0 Å². The van der Waals surface area contributed by atoms with Gasteiger partial charge in [-0.25, -0.2) is 0 Å². The first-order chi connectivity index (χ1) is 11.9. The third kappa shape index (κ3) is 2.92. The van der Waals surface area contributed by atoms with E-state index in [1.807, 2.05) is 12.1 Å². The van der Waals surface area contributed by atoms with Gasteiger partial charge in [0.15, 0.2) is 0 Å². The van der Waals surface area contributed by atoms with Crippen molar-refractivity contribution >= 4 is 35.1 Å². The van der Waals surface area contributed by atoms with Gasteiger partial charge < -0.3 is 14.7 Å². The number of nitrogens with zero attached hydrogens (tertiary/aromatic N) is 1. The Balaban J connectivity index is 1.49. The van der Waals surface area contributed by atoms with Crippen LogP contribution in [0.1, 0.15) is 24.3 Å². The average molecular weight is 384 g/mol. The Labute approximate surface area is 155 Å². The summed E-state index contributed by atoms with van der Waals surface area (Å²) in [5, 5.41) is 10.9. The Morgan fingerprint density at radius 2 is 1.96 bits per heavy atom. The first-order valence-electron chi connectivity index (χ1n) is 8.46. The number of ether oxygens (including phenoxy) is 1. The van der Waals surface area contributed by atoms with Crippen LogP contribution in [0.4, 0.5) is 0 Å². The van der Waals surface area contributed by atoms with Crippen LogP contribution in [-0.2, 0) is 14.3 Å². The molecule has 3 aliphatic rings. The van der Waals surface area contributed by atoms with Crippen molar-refractivity contribution in [3.05, 3.63) is 33.8 Å². The monoisotopic (exact) mass is 383 g/mol. The largest absolute Gasteiger partial charge is 0.481 e. The number of hydrogen-bond acceptors (Lipinski definition) is 3. The number of hydrogen-bond donors (Lipinski definition) is 1. The second-order valence-electron chi connectivity index (χ2n) is 7.35. The molecule has 134 valence electrons. The van der Waals surface area contributed by atoms with E-state index < -0.39 is 11.4 Å². The third-order valence-electron chi connectivity index (χ3n) is 5.87. The van der Waals surface area contributed by atoms with Crippen molar-refractivity contribution in [2.24, 2.45) is 17.3 Å². The number of carbonyl (C=O) groups is 2. The molecule has 1 aromatic rings. The molecule has 7 heteroatoms. The molecule has 1 aliphatic carbocycles. The van der Waals surface area contributed by atoms with Gasteiger partial charge >= 0.3 is 5.97 Å². The number of rotatable bonds is 3. The van der Waals surface area contributed by atoms with E-state index >= 15 is 0 Å². The molecular weight excluding hydrogens is 365 g/mol. The molecule has 2 unspecified atom stereocenters. The van der Waals surface area contributed by atoms with Gasteiger partial charge in [0.2, 0.25) is 5.91 Å². The van der Waals surface area contributed by atoms with Gasteiger partial charge in [-0.1, -0.05) is 23.2 Å². The van der Waals surface area contributed by atoms with Crippen LogP contribution in [-0.4, -0.2) is 48.2 Å². The minimum atomic E-state index is -0.850. The lowest BCUT2D eigenvalue weighted by atomic mass is 9.74. The van der Waals surface area contributed by atoms with Crippen LogP contribution in [0.2, 0.25) is 10.0 Å². The summed E-state index contributed by atoms with van der Waals surface area (Å²) in [6.07, 6.45) is 1.22. The number of carboxylic acid groups (broad SMARTS) is 1. The second-order valence-corrected chi connectivity index (χ2v) is 8.23. The molecule has 0 aromatic heterocycles. The van der Waals surface area contributed by atoms with Crippen LogP contribution >= 0.6 is 23.2 Å². The number of amides is 1. The summed E-state index contributed by atoms with van der Waals surface area (Å²) >= 11 is 12.1. The predicted octanol–water partition coefficient (Wildman–Crippen LogP) is 3.05. The number of aliphatic carboxylic acids is 1. The molecule has 2 saturated heterocycles. The third-order valence-corrected chi connectivity index (χ3v) is 6.30. The van der Waals surface area contributed by atoms with Crippen molar-refractivity contribution < 1.29 is 19.4 Å². The lowest BCUT2D eigenvalue weighted by Crippen LogP contribution is -2.45. The van der Waals surface area contributed by atoms with E-state index in [1.54, 1.807) is 11.0 Å². The standard InChI is InChI=1S/C18H19Cl2NO4/c19-12-3-10(4-13(20)5-12)14-6-15(14)16(22)21-7-11-8-25-2-1-18(11,9-21)17(23)24/h3-5,11,14-15H,1-2,6-9H2,(H,23,24)/t11-,14?,15?,18+/m0/s1. The average Bonchev–Trinajstić information content (AvgIpc) is 3.25. The van der Waals surface area contributed by atoms with E-state index in [0.29, 0.717) is 36.2 Å². The van der Waals surface area contributed by atoms with E-state index in [2.05, 4.69) is 0 Å². The summed E-state index contributed by atoms with van der Waals surface area (Å²) in [5.41, 5.74) is 0.126. The van der Waals surface area contributed by atoms with Gasteiger partial charge in [0.25, 0.3) is 0 Å². The van der Waals surface area contributed by atoms with Crippen molar-refractivity contribution in [2.45, 2.75) is 18.8 Å². The fraction of sp³-hybridized carbons (Fsp3) is 0.556. The molecule has 0 bridgehead atoms. The maximum absolute atomic E-state index is 12.9. The van der Waals surface area contributed by atoms with E-state index in [1.165, 1.54) is 0 Å². The Morgan fingerprint density at radius 3 is 2.60 bits per heavy atom. The summed E-state index contributed by atoms with van der Waals surface area (Å²) in [5.74, 6) is -0.897. The Kier molecular flexibility index (Phi) is 4.21. The predicted molar refractivity (Wildman–Crippen MR) is 92.9 cm³/mol. The second kappa shape index (κ2) is 6.15. The highest BCUT2D eigenvalue weighted by Gasteiger charge is 2.57. The topological polar surface area (TPSA) is 66.8 Å². The van der Waals surface area contributed by atoms with Crippen LogP contribution in [0.5, 0.6) is 0 Å². The molecule has 2 heterocycles. The zero-order valence-electron chi connectivity index (χ0n) is 13.6. The molecule has 3 fully saturated rings. The quantitative estimate of drug-likeness (QED) is 0.870. The maximum Gasteiger partial charge on any atom is 0.311 e. The number of halogens is 2. The zero-order valence-corrected chi connectivity index (χ0v) is 15.1. The molecule has 2 aliphatic heterocycles. The van der Waals surface area contributed by atoms with Crippen LogP contribution < -0.4 is 0 Å². The summed E-state index contributed by atoms with van der Waals surface area (Å²) in [6, 6.07) is 5.37. The number of carboxylic acids is 1. The fourth-order valence-electron chi connectivity index (χ4n) is 4.33. The fourth-order valence-corrected chi connectivity index (χ4v) is 4.87. The molecule has 5 nitrogen and oxygen atoms in total. The molecule has 1 aromatic carbocycles. The van der Waals surface area contributed by atoms with Crippen molar-refractivity contribution in [1.82, 2.24) is 4.90 Å². The van der Waals surface area contributed by atoms with E-state index in [-0.39, 0.29) is 30.2 Å². The van der Waals surface area contributed by atoms with Crippen molar-refractivity contribution in [3.8, 4) is 0 Å². The summed E-state index contributed by atoms with van der Waals surface area (Å²) in [6.45, 7) is 1.60. The maximum atomic E-state index is 12.9. The molecule has 1 saturated carbocycles. The molecule has 0 spiro atoms. The smallest absolute Gasteiger partial charge is 0.311 e. The first-order valence-corrected chi connectivity index (χ1v) is 9.22. The minimum Gasteiger partial charge on any atom is -0.481 e.